The Morgan fingerprint density at radius 2 is 2.19 bits per heavy atom. The van der Waals surface area contributed by atoms with Gasteiger partial charge in [-0.05, 0) is 26.0 Å². The molecule has 0 bridgehead atoms. The number of carbonyl (C=O) groups is 1. The molecule has 2 fully saturated rings. The van der Waals surface area contributed by atoms with Gasteiger partial charge in [0.1, 0.15) is 5.78 Å². The van der Waals surface area contributed by atoms with Gasteiger partial charge in [0.25, 0.3) is 0 Å². The molecule has 1 saturated heterocycles. The van der Waals surface area contributed by atoms with Gasteiger partial charge in [0.2, 0.25) is 0 Å². The molecule has 1 aromatic heterocycles. The van der Waals surface area contributed by atoms with Crippen LogP contribution < -0.4 is 5.32 Å². The molecule has 0 spiro atoms. The highest BCUT2D eigenvalue weighted by atomic mass is 16.5. The highest BCUT2D eigenvalue weighted by Crippen LogP contribution is 2.27. The lowest BCUT2D eigenvalue weighted by molar-refractivity contribution is -0.122. The van der Waals surface area contributed by atoms with Crippen LogP contribution in [-0.2, 0) is 16.0 Å². The van der Waals surface area contributed by atoms with E-state index in [4.69, 9.17) is 4.74 Å². The number of nitrogens with zero attached hydrogens (tertiary/aromatic N) is 2. The van der Waals surface area contributed by atoms with E-state index in [1.807, 2.05) is 19.3 Å². The van der Waals surface area contributed by atoms with Crippen molar-refractivity contribution >= 4 is 5.78 Å². The van der Waals surface area contributed by atoms with Gasteiger partial charge in [0.15, 0.2) is 0 Å². The largest absolute Gasteiger partial charge is 0.379 e. The van der Waals surface area contributed by atoms with Crippen LogP contribution in [0, 0.1) is 5.92 Å². The number of Topliss-reactive ketones (excluding diaryl/α,β-unsaturated/α-hetero) is 1. The molecule has 21 heavy (non-hydrogen) atoms. The molecule has 2 heterocycles. The third-order valence-electron chi connectivity index (χ3n) is 4.83. The predicted octanol–water partition coefficient (Wildman–Crippen LogP) is 1.73. The maximum Gasteiger partial charge on any atom is 0.145 e. The Balaban J connectivity index is 1.60. The zero-order chi connectivity index (χ0) is 14.7. The van der Waals surface area contributed by atoms with E-state index in [1.54, 1.807) is 0 Å². The molecule has 116 valence electrons. The average molecular weight is 291 g/mol. The highest BCUT2D eigenvalue weighted by Gasteiger charge is 2.32. The summed E-state index contributed by atoms with van der Waals surface area (Å²) in [5.41, 5.74) is 0.896. The Hall–Kier alpha value is -1.20. The van der Waals surface area contributed by atoms with Crippen LogP contribution in [-0.4, -0.2) is 41.9 Å². The Bertz CT molecular complexity index is 480. The predicted molar refractivity (Wildman–Crippen MR) is 80.2 cm³/mol. The number of likely N-dealkylation sites (N-methyl/N-ethyl adjacent to an activating group) is 1. The number of ether oxygens (including phenoxy) is 1. The third kappa shape index (κ3) is 3.35. The number of hydrogen-bond donors (Lipinski definition) is 1. The molecule has 1 aliphatic carbocycles. The molecule has 1 N–H and O–H groups in total. The number of carbonyl (C=O) groups excluding carboxylic acids is 1. The topological polar surface area (TPSA) is 56.1 Å². The quantitative estimate of drug-likeness (QED) is 0.897. The van der Waals surface area contributed by atoms with Crippen LogP contribution >= 0.6 is 0 Å². The van der Waals surface area contributed by atoms with Crippen LogP contribution in [0.4, 0.5) is 0 Å². The number of hydrogen-bond acceptors (Lipinski definition) is 4. The smallest absolute Gasteiger partial charge is 0.145 e. The second-order valence-electron chi connectivity index (χ2n) is 6.26. The summed E-state index contributed by atoms with van der Waals surface area (Å²) in [6, 6.07) is 2.68. The number of nitrogens with one attached hydrogen (secondary N) is 1. The zero-order valence-electron chi connectivity index (χ0n) is 12.8. The summed E-state index contributed by atoms with van der Waals surface area (Å²) >= 11 is 0. The van der Waals surface area contributed by atoms with Crippen molar-refractivity contribution in [2.75, 3.05) is 20.3 Å². The second-order valence-corrected chi connectivity index (χ2v) is 6.26. The molecule has 1 aliphatic heterocycles. The van der Waals surface area contributed by atoms with E-state index in [2.05, 4.69) is 15.1 Å². The van der Waals surface area contributed by atoms with Gasteiger partial charge in [-0.25, -0.2) is 0 Å². The lowest BCUT2D eigenvalue weighted by atomic mass is 9.95. The number of ketones is 1. The van der Waals surface area contributed by atoms with E-state index in [0.29, 0.717) is 25.7 Å². The van der Waals surface area contributed by atoms with Crippen molar-refractivity contribution in [2.45, 2.75) is 50.6 Å². The summed E-state index contributed by atoms with van der Waals surface area (Å²) in [6.45, 7) is 1.16. The molecule has 0 aromatic carbocycles. The van der Waals surface area contributed by atoms with Crippen molar-refractivity contribution in [2.24, 2.45) is 5.92 Å². The summed E-state index contributed by atoms with van der Waals surface area (Å²) in [7, 11) is 1.89. The minimum atomic E-state index is -0.0326. The first-order chi connectivity index (χ1) is 10.3. The minimum absolute atomic E-state index is 0.0326. The molecule has 5 heteroatoms. The van der Waals surface area contributed by atoms with Gasteiger partial charge in [-0.1, -0.05) is 19.3 Å². The highest BCUT2D eigenvalue weighted by molar-refractivity contribution is 5.84. The Labute approximate surface area is 126 Å². The van der Waals surface area contributed by atoms with Crippen LogP contribution in [0.2, 0.25) is 0 Å². The van der Waals surface area contributed by atoms with E-state index in [-0.39, 0.29) is 17.7 Å². The number of aromatic nitrogens is 2. The van der Waals surface area contributed by atoms with Crippen molar-refractivity contribution < 1.29 is 9.53 Å². The second kappa shape index (κ2) is 6.71. The van der Waals surface area contributed by atoms with Gasteiger partial charge in [0, 0.05) is 12.2 Å². The lowest BCUT2D eigenvalue weighted by Gasteiger charge is -2.21. The van der Waals surface area contributed by atoms with E-state index < -0.39 is 0 Å². The molecule has 3 rings (SSSR count). The van der Waals surface area contributed by atoms with E-state index in [0.717, 1.165) is 5.69 Å². The monoisotopic (exact) mass is 291 g/mol. The lowest BCUT2D eigenvalue weighted by Crippen LogP contribution is -2.37. The van der Waals surface area contributed by atoms with Gasteiger partial charge in [-0.15, -0.1) is 0 Å². The Morgan fingerprint density at radius 1 is 1.38 bits per heavy atom. The maximum atomic E-state index is 12.4. The zero-order valence-corrected chi connectivity index (χ0v) is 12.8. The fourth-order valence-electron chi connectivity index (χ4n) is 3.49. The molecule has 2 unspecified atom stereocenters. The molecule has 0 radical (unpaired) electrons. The van der Waals surface area contributed by atoms with E-state index in [9.17, 15) is 4.79 Å². The normalized spacial score (nSPS) is 27.1. The van der Waals surface area contributed by atoms with Crippen LogP contribution in [0.25, 0.3) is 0 Å². The fourth-order valence-corrected chi connectivity index (χ4v) is 3.49. The van der Waals surface area contributed by atoms with Crippen molar-refractivity contribution in [3.8, 4) is 0 Å². The molecule has 2 aliphatic rings. The van der Waals surface area contributed by atoms with Crippen LogP contribution in [0.1, 0.15) is 43.8 Å². The van der Waals surface area contributed by atoms with Gasteiger partial charge < -0.3 is 10.1 Å². The van der Waals surface area contributed by atoms with E-state index in [1.165, 1.54) is 32.1 Å². The van der Waals surface area contributed by atoms with Crippen molar-refractivity contribution in [3.63, 3.8) is 0 Å². The number of rotatable bonds is 5. The van der Waals surface area contributed by atoms with Gasteiger partial charge in [-0.3, -0.25) is 9.48 Å². The van der Waals surface area contributed by atoms with Gasteiger partial charge in [-0.2, -0.15) is 5.10 Å². The summed E-state index contributed by atoms with van der Waals surface area (Å²) in [5, 5.41) is 7.80. The molecule has 1 aromatic rings. The summed E-state index contributed by atoms with van der Waals surface area (Å²) in [4.78, 5) is 12.4. The molecular formula is C16H25N3O2. The van der Waals surface area contributed by atoms with Crippen LogP contribution in [0.5, 0.6) is 0 Å². The third-order valence-corrected chi connectivity index (χ3v) is 4.83. The first-order valence-corrected chi connectivity index (χ1v) is 8.09. The van der Waals surface area contributed by atoms with E-state index >= 15 is 0 Å². The Morgan fingerprint density at radius 3 is 2.95 bits per heavy atom. The first-order valence-electron chi connectivity index (χ1n) is 8.09. The standard InChI is InChI=1S/C16H25N3O2/c1-17-15-11-21-10-14(15)16(20)9-12-7-8-19(18-12)13-5-3-2-4-6-13/h7-8,13-15,17H,2-6,9-11H2,1H3. The van der Waals surface area contributed by atoms with Crippen molar-refractivity contribution in [1.29, 1.82) is 0 Å². The first kappa shape index (κ1) is 14.7. The molecule has 5 nitrogen and oxygen atoms in total. The molecule has 2 atom stereocenters. The van der Waals surface area contributed by atoms with Gasteiger partial charge >= 0.3 is 0 Å². The maximum absolute atomic E-state index is 12.4. The molecule has 0 amide bonds. The fraction of sp³-hybridized carbons (Fsp3) is 0.750. The minimum Gasteiger partial charge on any atom is -0.379 e. The molecule has 1 saturated carbocycles. The Kier molecular flexibility index (Phi) is 4.70. The molecular weight excluding hydrogens is 266 g/mol. The van der Waals surface area contributed by atoms with Crippen LogP contribution in [0.3, 0.4) is 0 Å². The summed E-state index contributed by atoms with van der Waals surface area (Å²) in [6.07, 6.45) is 8.83. The van der Waals surface area contributed by atoms with Crippen molar-refractivity contribution in [1.82, 2.24) is 15.1 Å². The summed E-state index contributed by atoms with van der Waals surface area (Å²) < 4.78 is 7.48. The van der Waals surface area contributed by atoms with Crippen LogP contribution in [0.15, 0.2) is 12.3 Å². The summed E-state index contributed by atoms with van der Waals surface area (Å²) in [5.74, 6) is 0.204. The van der Waals surface area contributed by atoms with Gasteiger partial charge in [0.05, 0.1) is 37.3 Å². The average Bonchev–Trinajstić information content (AvgIpc) is 3.16. The SMILES string of the molecule is CNC1COCC1C(=O)Cc1ccn(C2CCCCC2)n1. The van der Waals surface area contributed by atoms with Crippen molar-refractivity contribution in [3.05, 3.63) is 18.0 Å².